The third-order valence-corrected chi connectivity index (χ3v) is 4.92. The highest BCUT2D eigenvalue weighted by Gasteiger charge is 2.33. The highest BCUT2D eigenvalue weighted by Crippen LogP contribution is 2.30. The third-order valence-electron chi connectivity index (χ3n) is 4.92. The van der Waals surface area contributed by atoms with E-state index in [2.05, 4.69) is 10.6 Å². The fraction of sp³-hybridized carbons (Fsp3) is 0.333. The van der Waals surface area contributed by atoms with Gasteiger partial charge in [0.2, 0.25) is 0 Å². The zero-order valence-electron chi connectivity index (χ0n) is 16.0. The molecular weight excluding hydrogens is 360 g/mol. The minimum absolute atomic E-state index is 0.0134. The average molecular weight is 384 g/mol. The van der Waals surface area contributed by atoms with Gasteiger partial charge in [-0.1, -0.05) is 24.3 Å². The van der Waals surface area contributed by atoms with Crippen LogP contribution in [0.15, 0.2) is 42.5 Å². The summed E-state index contributed by atoms with van der Waals surface area (Å²) in [4.78, 5) is 24.3. The van der Waals surface area contributed by atoms with Crippen molar-refractivity contribution in [2.45, 2.75) is 24.9 Å². The molecule has 0 bridgehead atoms. The second-order valence-electron chi connectivity index (χ2n) is 6.88. The molecule has 0 fully saturated rings. The van der Waals surface area contributed by atoms with E-state index >= 15 is 0 Å². The molecule has 0 heterocycles. The molecule has 1 atom stereocenters. The van der Waals surface area contributed by atoms with Gasteiger partial charge in [-0.15, -0.1) is 0 Å². The van der Waals surface area contributed by atoms with Gasteiger partial charge in [-0.2, -0.15) is 0 Å². The molecule has 2 amide bonds. The maximum absolute atomic E-state index is 12.2. The number of methoxy groups -OCH3 is 2. The van der Waals surface area contributed by atoms with Crippen molar-refractivity contribution in [1.82, 2.24) is 5.32 Å². The zero-order valence-corrected chi connectivity index (χ0v) is 16.0. The molecule has 0 radical (unpaired) electrons. The first-order chi connectivity index (χ1) is 13.4. The number of nitrogens with one attached hydrogen (secondary N) is 2. The fourth-order valence-corrected chi connectivity index (χ4v) is 3.36. The van der Waals surface area contributed by atoms with Gasteiger partial charge >= 0.3 is 11.8 Å². The van der Waals surface area contributed by atoms with E-state index in [9.17, 15) is 14.7 Å². The van der Waals surface area contributed by atoms with E-state index in [4.69, 9.17) is 9.47 Å². The number of hydrogen-bond acceptors (Lipinski definition) is 5. The molecule has 1 unspecified atom stereocenters. The van der Waals surface area contributed by atoms with Crippen LogP contribution in [0.4, 0.5) is 5.69 Å². The third kappa shape index (κ3) is 4.43. The molecule has 2 aromatic rings. The van der Waals surface area contributed by atoms with Crippen molar-refractivity contribution in [1.29, 1.82) is 0 Å². The Kier molecular flexibility index (Phi) is 5.84. The standard InChI is InChI=1S/C21H24N2O5/c1-27-17-8-7-16(11-18(17)28-2)23-20(25)19(24)22-13-21(26)10-9-14-5-3-4-6-15(14)12-21/h3-8,11,26H,9-10,12-13H2,1-2H3,(H,22,24)(H,23,25). The van der Waals surface area contributed by atoms with E-state index in [1.165, 1.54) is 19.8 Å². The number of anilines is 1. The van der Waals surface area contributed by atoms with Crippen LogP contribution in [0.5, 0.6) is 11.5 Å². The molecule has 0 aliphatic heterocycles. The summed E-state index contributed by atoms with van der Waals surface area (Å²) in [5.41, 5.74) is 1.63. The highest BCUT2D eigenvalue weighted by molar-refractivity contribution is 6.39. The van der Waals surface area contributed by atoms with Crippen molar-refractivity contribution in [2.75, 3.05) is 26.1 Å². The van der Waals surface area contributed by atoms with Crippen molar-refractivity contribution >= 4 is 17.5 Å². The normalized spacial score (nSPS) is 18.0. The molecule has 2 aromatic carbocycles. The van der Waals surface area contributed by atoms with Gasteiger partial charge in [0, 0.05) is 24.7 Å². The Morgan fingerprint density at radius 2 is 1.75 bits per heavy atom. The van der Waals surface area contributed by atoms with Crippen LogP contribution in [-0.2, 0) is 22.4 Å². The van der Waals surface area contributed by atoms with Gasteiger partial charge in [0.05, 0.1) is 19.8 Å². The van der Waals surface area contributed by atoms with Gasteiger partial charge < -0.3 is 25.2 Å². The van der Waals surface area contributed by atoms with Gasteiger partial charge in [0.25, 0.3) is 0 Å². The molecular formula is C21H24N2O5. The number of aryl methyl sites for hydroxylation is 1. The number of ether oxygens (including phenoxy) is 2. The van der Waals surface area contributed by atoms with Crippen molar-refractivity contribution in [3.05, 3.63) is 53.6 Å². The molecule has 1 aliphatic carbocycles. The number of carbonyl (C=O) groups is 2. The number of rotatable bonds is 5. The summed E-state index contributed by atoms with van der Waals surface area (Å²) in [5, 5.41) is 15.8. The van der Waals surface area contributed by atoms with Gasteiger partial charge in [-0.05, 0) is 36.1 Å². The number of hydrogen-bond donors (Lipinski definition) is 3. The minimum atomic E-state index is -1.06. The number of fused-ring (bicyclic) bond motifs is 1. The molecule has 3 rings (SSSR count). The minimum Gasteiger partial charge on any atom is -0.493 e. The highest BCUT2D eigenvalue weighted by atomic mass is 16.5. The van der Waals surface area contributed by atoms with Gasteiger partial charge in [-0.25, -0.2) is 0 Å². The summed E-state index contributed by atoms with van der Waals surface area (Å²) in [5.74, 6) is -0.658. The Morgan fingerprint density at radius 1 is 1.04 bits per heavy atom. The lowest BCUT2D eigenvalue weighted by atomic mass is 9.80. The van der Waals surface area contributed by atoms with Crippen LogP contribution in [0.1, 0.15) is 17.5 Å². The molecule has 28 heavy (non-hydrogen) atoms. The first kappa shape index (κ1) is 19.7. The van der Waals surface area contributed by atoms with E-state index in [1.807, 2.05) is 24.3 Å². The van der Waals surface area contributed by atoms with E-state index < -0.39 is 17.4 Å². The second-order valence-corrected chi connectivity index (χ2v) is 6.88. The molecule has 7 nitrogen and oxygen atoms in total. The van der Waals surface area contributed by atoms with Crippen molar-refractivity contribution in [2.24, 2.45) is 0 Å². The summed E-state index contributed by atoms with van der Waals surface area (Å²) in [7, 11) is 3.00. The van der Waals surface area contributed by atoms with E-state index in [0.717, 1.165) is 12.0 Å². The lowest BCUT2D eigenvalue weighted by Gasteiger charge is -2.33. The Hall–Kier alpha value is -3.06. The summed E-state index contributed by atoms with van der Waals surface area (Å²) < 4.78 is 10.3. The van der Waals surface area contributed by atoms with E-state index in [-0.39, 0.29) is 6.54 Å². The van der Waals surface area contributed by atoms with Crippen LogP contribution in [0.2, 0.25) is 0 Å². The largest absolute Gasteiger partial charge is 0.493 e. The summed E-state index contributed by atoms with van der Waals surface area (Å²) in [6, 6.07) is 12.7. The Labute approximate surface area is 163 Å². The number of benzene rings is 2. The van der Waals surface area contributed by atoms with E-state index in [0.29, 0.717) is 30.0 Å². The summed E-state index contributed by atoms with van der Waals surface area (Å²) >= 11 is 0. The maximum atomic E-state index is 12.2. The average Bonchev–Trinajstić information content (AvgIpc) is 2.71. The van der Waals surface area contributed by atoms with Crippen molar-refractivity contribution in [3.63, 3.8) is 0 Å². The maximum Gasteiger partial charge on any atom is 0.313 e. The lowest BCUT2D eigenvalue weighted by molar-refractivity contribution is -0.136. The molecule has 0 spiro atoms. The summed E-state index contributed by atoms with van der Waals surface area (Å²) in [6.07, 6.45) is 1.71. The summed E-state index contributed by atoms with van der Waals surface area (Å²) in [6.45, 7) is 0.0134. The molecule has 1 aliphatic rings. The Morgan fingerprint density at radius 3 is 2.46 bits per heavy atom. The van der Waals surface area contributed by atoms with Crippen molar-refractivity contribution < 1.29 is 24.2 Å². The van der Waals surface area contributed by atoms with Gasteiger partial charge in [-0.3, -0.25) is 9.59 Å². The first-order valence-electron chi connectivity index (χ1n) is 9.04. The molecule has 148 valence electrons. The number of aliphatic hydroxyl groups is 1. The van der Waals surface area contributed by atoms with Crippen LogP contribution < -0.4 is 20.1 Å². The van der Waals surface area contributed by atoms with Crippen molar-refractivity contribution in [3.8, 4) is 11.5 Å². The SMILES string of the molecule is COc1ccc(NC(=O)C(=O)NCC2(O)CCc3ccccc3C2)cc1OC. The van der Waals surface area contributed by atoms with Gasteiger partial charge in [0.15, 0.2) is 11.5 Å². The molecule has 0 saturated heterocycles. The predicted octanol–water partition coefficient (Wildman–Crippen LogP) is 1.68. The predicted molar refractivity (Wildman–Crippen MR) is 105 cm³/mol. The van der Waals surface area contributed by atoms with Crippen LogP contribution in [0.3, 0.4) is 0 Å². The molecule has 0 saturated carbocycles. The Balaban J connectivity index is 1.57. The lowest BCUT2D eigenvalue weighted by Crippen LogP contribution is -2.49. The van der Waals surface area contributed by atoms with Crippen LogP contribution >= 0.6 is 0 Å². The van der Waals surface area contributed by atoms with Gasteiger partial charge in [0.1, 0.15) is 0 Å². The smallest absolute Gasteiger partial charge is 0.313 e. The molecule has 7 heteroatoms. The zero-order chi connectivity index (χ0) is 20.1. The topological polar surface area (TPSA) is 96.9 Å². The second kappa shape index (κ2) is 8.31. The monoisotopic (exact) mass is 384 g/mol. The van der Waals surface area contributed by atoms with E-state index in [1.54, 1.807) is 18.2 Å². The van der Waals surface area contributed by atoms with Crippen LogP contribution in [0.25, 0.3) is 0 Å². The molecule has 3 N–H and O–H groups in total. The number of amides is 2. The van der Waals surface area contributed by atoms with Crippen LogP contribution in [-0.4, -0.2) is 43.3 Å². The number of carbonyl (C=O) groups excluding carboxylic acids is 2. The quantitative estimate of drug-likeness (QED) is 0.682. The molecule has 0 aromatic heterocycles. The van der Waals surface area contributed by atoms with Crippen LogP contribution in [0, 0.1) is 0 Å². The fourth-order valence-electron chi connectivity index (χ4n) is 3.36. The first-order valence-corrected chi connectivity index (χ1v) is 9.04. The Bertz CT molecular complexity index is 883.